The van der Waals surface area contributed by atoms with Crippen LogP contribution in [0, 0.1) is 0 Å². The average Bonchev–Trinajstić information content (AvgIpc) is 2.40. The highest BCUT2D eigenvalue weighted by Gasteiger charge is 2.20. The van der Waals surface area contributed by atoms with Crippen LogP contribution in [0.4, 0.5) is 0 Å². The van der Waals surface area contributed by atoms with Crippen LogP contribution in [-0.4, -0.2) is 15.3 Å². The number of carbonyl (C=O) groups excluding carboxylic acids is 1. The van der Waals surface area contributed by atoms with Crippen LogP contribution in [0.1, 0.15) is 42.5 Å². The molecule has 21 heavy (non-hydrogen) atoms. The summed E-state index contributed by atoms with van der Waals surface area (Å²) in [5.74, 6) is -0.199. The van der Waals surface area contributed by atoms with Crippen molar-refractivity contribution in [2.75, 3.05) is 0 Å². The summed E-state index contributed by atoms with van der Waals surface area (Å²) in [5.41, 5.74) is 1.43. The van der Waals surface area contributed by atoms with Gasteiger partial charge in [0, 0.05) is 42.3 Å². The summed E-state index contributed by atoms with van der Waals surface area (Å²) in [6, 6.07) is 6.97. The van der Waals surface area contributed by atoms with Gasteiger partial charge >= 0.3 is 0 Å². The van der Waals surface area contributed by atoms with E-state index in [0.717, 1.165) is 5.69 Å². The number of pyridine rings is 2. The molecule has 0 aliphatic heterocycles. The van der Waals surface area contributed by atoms with Crippen molar-refractivity contribution < 1.29 is 4.79 Å². The molecule has 0 bridgehead atoms. The highest BCUT2D eigenvalue weighted by atomic mass is 16.1. The van der Waals surface area contributed by atoms with E-state index in [1.54, 1.807) is 30.6 Å². The van der Waals surface area contributed by atoms with Crippen LogP contribution >= 0.6 is 0 Å². The third kappa shape index (κ3) is 3.45. The molecule has 0 atom stereocenters. The highest BCUT2D eigenvalue weighted by molar-refractivity contribution is 5.97. The normalized spacial score (nSPS) is 11.4. The van der Waals surface area contributed by atoms with Crippen LogP contribution in [0.25, 0.3) is 0 Å². The molecule has 0 radical (unpaired) electrons. The van der Waals surface area contributed by atoms with Crippen LogP contribution in [0.2, 0.25) is 0 Å². The fourth-order valence-corrected chi connectivity index (χ4v) is 2.35. The third-order valence-corrected chi connectivity index (χ3v) is 3.37. The molecule has 2 heterocycles. The maximum atomic E-state index is 12.3. The predicted octanol–water partition coefficient (Wildman–Crippen LogP) is 2.50. The van der Waals surface area contributed by atoms with E-state index >= 15 is 0 Å². The highest BCUT2D eigenvalue weighted by Crippen LogP contribution is 2.20. The molecule has 2 aromatic rings. The lowest BCUT2D eigenvalue weighted by atomic mass is 9.90. The molecule has 0 aliphatic rings. The average molecular weight is 284 g/mol. The van der Waals surface area contributed by atoms with Crippen molar-refractivity contribution >= 4 is 5.78 Å². The molecule has 4 heteroatoms. The number of hydrogen-bond donors (Lipinski definition) is 0. The summed E-state index contributed by atoms with van der Waals surface area (Å²) in [5, 5.41) is 0. The second kappa shape index (κ2) is 5.64. The van der Waals surface area contributed by atoms with Gasteiger partial charge in [0.25, 0.3) is 0 Å². The number of Topliss-reactive ketones (excluding diaryl/α,β-unsaturated/α-hetero) is 1. The smallest absolute Gasteiger partial charge is 0.192 e. The predicted molar refractivity (Wildman–Crippen MR) is 82.7 cm³/mol. The molecule has 0 saturated heterocycles. The van der Waals surface area contributed by atoms with E-state index in [1.165, 1.54) is 0 Å². The molecule has 0 saturated carbocycles. The van der Waals surface area contributed by atoms with E-state index < -0.39 is 0 Å². The molecule has 0 spiro atoms. The Morgan fingerprint density at radius 1 is 1.29 bits per heavy atom. The Bertz CT molecular complexity index is 710. The van der Waals surface area contributed by atoms with E-state index in [1.807, 2.05) is 38.5 Å². The van der Waals surface area contributed by atoms with E-state index in [0.29, 0.717) is 5.69 Å². The number of rotatable bonds is 3. The SMILES string of the molecule is Cn1cc(C(=O)Cc2ccccn2)c(=O)cc1C(C)(C)C. The fourth-order valence-electron chi connectivity index (χ4n) is 2.35. The second-order valence-electron chi connectivity index (χ2n) is 6.22. The van der Waals surface area contributed by atoms with E-state index in [2.05, 4.69) is 4.98 Å². The first-order chi connectivity index (χ1) is 9.79. The zero-order valence-electron chi connectivity index (χ0n) is 12.9. The van der Waals surface area contributed by atoms with Gasteiger partial charge in [0.15, 0.2) is 11.2 Å². The Kier molecular flexibility index (Phi) is 4.07. The summed E-state index contributed by atoms with van der Waals surface area (Å²) < 4.78 is 1.85. The standard InChI is InChI=1S/C17H20N2O2/c1-17(2,3)16-10-15(21)13(11-19(16)4)14(20)9-12-7-5-6-8-18-12/h5-8,10-11H,9H2,1-4H3. The number of nitrogens with zero attached hydrogens (tertiary/aromatic N) is 2. The van der Waals surface area contributed by atoms with Crippen LogP contribution < -0.4 is 5.43 Å². The van der Waals surface area contributed by atoms with Gasteiger partial charge in [-0.15, -0.1) is 0 Å². The minimum Gasteiger partial charge on any atom is -0.353 e. The zero-order chi connectivity index (χ0) is 15.6. The third-order valence-electron chi connectivity index (χ3n) is 3.37. The van der Waals surface area contributed by atoms with Crippen molar-refractivity contribution in [1.29, 1.82) is 0 Å². The van der Waals surface area contributed by atoms with Gasteiger partial charge in [0.1, 0.15) is 0 Å². The van der Waals surface area contributed by atoms with E-state index in [9.17, 15) is 9.59 Å². The van der Waals surface area contributed by atoms with Gasteiger partial charge in [-0.3, -0.25) is 14.6 Å². The molecule has 110 valence electrons. The molecule has 0 amide bonds. The van der Waals surface area contributed by atoms with Gasteiger partial charge in [-0.25, -0.2) is 0 Å². The van der Waals surface area contributed by atoms with Crippen molar-refractivity contribution in [2.24, 2.45) is 7.05 Å². The topological polar surface area (TPSA) is 52.0 Å². The summed E-state index contributed by atoms with van der Waals surface area (Å²) in [4.78, 5) is 28.6. The quantitative estimate of drug-likeness (QED) is 0.814. The molecular formula is C17H20N2O2. The Morgan fingerprint density at radius 2 is 2.00 bits per heavy atom. The number of aromatic nitrogens is 2. The molecule has 0 fully saturated rings. The Morgan fingerprint density at radius 3 is 2.57 bits per heavy atom. The lowest BCUT2D eigenvalue weighted by Crippen LogP contribution is -2.26. The maximum Gasteiger partial charge on any atom is 0.192 e. The van der Waals surface area contributed by atoms with Crippen molar-refractivity contribution in [3.8, 4) is 0 Å². The first kappa shape index (κ1) is 15.2. The lowest BCUT2D eigenvalue weighted by molar-refractivity contribution is 0.0990. The maximum absolute atomic E-state index is 12.3. The molecule has 0 aliphatic carbocycles. The Balaban J connectivity index is 2.35. The lowest BCUT2D eigenvalue weighted by Gasteiger charge is -2.22. The number of aryl methyl sites for hydroxylation is 1. The molecule has 2 rings (SSSR count). The van der Waals surface area contributed by atoms with Crippen LogP contribution in [0.5, 0.6) is 0 Å². The fraction of sp³-hybridized carbons (Fsp3) is 0.353. The number of ketones is 1. The molecule has 0 unspecified atom stereocenters. The largest absolute Gasteiger partial charge is 0.353 e. The van der Waals surface area contributed by atoms with Gasteiger partial charge in [-0.1, -0.05) is 26.8 Å². The zero-order valence-corrected chi connectivity index (χ0v) is 12.9. The van der Waals surface area contributed by atoms with Crippen molar-refractivity contribution in [2.45, 2.75) is 32.6 Å². The van der Waals surface area contributed by atoms with Gasteiger partial charge < -0.3 is 4.57 Å². The minimum atomic E-state index is -0.223. The summed E-state index contributed by atoms with van der Waals surface area (Å²) >= 11 is 0. The van der Waals surface area contributed by atoms with Gasteiger partial charge in [0.05, 0.1) is 12.0 Å². The summed E-state index contributed by atoms with van der Waals surface area (Å²) in [6.07, 6.45) is 3.42. The minimum absolute atomic E-state index is 0.142. The first-order valence-corrected chi connectivity index (χ1v) is 6.93. The molecule has 0 N–H and O–H groups in total. The van der Waals surface area contributed by atoms with Crippen molar-refractivity contribution in [3.05, 3.63) is 63.8 Å². The van der Waals surface area contributed by atoms with Gasteiger partial charge in [-0.05, 0) is 12.1 Å². The molecule has 2 aromatic heterocycles. The monoisotopic (exact) mass is 284 g/mol. The van der Waals surface area contributed by atoms with Gasteiger partial charge in [0.2, 0.25) is 0 Å². The van der Waals surface area contributed by atoms with E-state index in [4.69, 9.17) is 0 Å². The second-order valence-corrected chi connectivity index (χ2v) is 6.22. The van der Waals surface area contributed by atoms with Crippen LogP contribution in [0.3, 0.4) is 0 Å². The molecule has 0 aromatic carbocycles. The number of carbonyl (C=O) groups is 1. The summed E-state index contributed by atoms with van der Waals surface area (Å²) in [7, 11) is 1.86. The van der Waals surface area contributed by atoms with Crippen LogP contribution in [-0.2, 0) is 18.9 Å². The van der Waals surface area contributed by atoms with Crippen molar-refractivity contribution in [1.82, 2.24) is 9.55 Å². The van der Waals surface area contributed by atoms with E-state index in [-0.39, 0.29) is 28.6 Å². The Hall–Kier alpha value is -2.23. The molecule has 4 nitrogen and oxygen atoms in total. The van der Waals surface area contributed by atoms with Crippen molar-refractivity contribution in [3.63, 3.8) is 0 Å². The number of hydrogen-bond acceptors (Lipinski definition) is 3. The Labute approximate surface area is 124 Å². The van der Waals surface area contributed by atoms with Gasteiger partial charge in [-0.2, -0.15) is 0 Å². The molecular weight excluding hydrogens is 264 g/mol. The first-order valence-electron chi connectivity index (χ1n) is 6.93. The summed E-state index contributed by atoms with van der Waals surface area (Å²) in [6.45, 7) is 6.12. The van der Waals surface area contributed by atoms with Crippen LogP contribution in [0.15, 0.2) is 41.5 Å².